The Morgan fingerprint density at radius 3 is 2.31 bits per heavy atom. The third kappa shape index (κ3) is 7.68. The fraction of sp³-hybridized carbons (Fsp3) is 0.156. The van der Waals surface area contributed by atoms with Crippen molar-refractivity contribution in [3.8, 4) is 0 Å². The lowest BCUT2D eigenvalue weighted by molar-refractivity contribution is -0.155. The van der Waals surface area contributed by atoms with Gasteiger partial charge in [0.05, 0.1) is 11.1 Å². The smallest absolute Gasteiger partial charge is 0.412 e. The van der Waals surface area contributed by atoms with Crippen LogP contribution in [-0.4, -0.2) is 38.2 Å². The van der Waals surface area contributed by atoms with Crippen molar-refractivity contribution in [1.29, 1.82) is 0 Å². The molecule has 2 heterocycles. The lowest BCUT2D eigenvalue weighted by atomic mass is 10.1. The number of nitrogens with zero attached hydrogens (tertiary/aromatic N) is 3. The molecular formula is C32H27F3N6O3S. The van der Waals surface area contributed by atoms with E-state index in [4.69, 9.17) is 5.11 Å². The van der Waals surface area contributed by atoms with Gasteiger partial charge in [0.1, 0.15) is 12.1 Å². The van der Waals surface area contributed by atoms with E-state index in [-0.39, 0.29) is 17.0 Å². The lowest BCUT2D eigenvalue weighted by Gasteiger charge is -2.22. The van der Waals surface area contributed by atoms with Crippen molar-refractivity contribution >= 4 is 52.0 Å². The minimum absolute atomic E-state index is 0.00776. The normalized spacial score (nSPS) is 12.1. The number of nitrogens with one attached hydrogen (secondary N) is 3. The van der Waals surface area contributed by atoms with Crippen LogP contribution in [0.2, 0.25) is 0 Å². The van der Waals surface area contributed by atoms with Crippen molar-refractivity contribution in [1.82, 2.24) is 20.3 Å². The second-order valence-electron chi connectivity index (χ2n) is 10.2. The molecule has 2 aromatic heterocycles. The lowest BCUT2D eigenvalue weighted by Crippen LogP contribution is -2.38. The second-order valence-corrected chi connectivity index (χ2v) is 11.4. The Labute approximate surface area is 260 Å². The van der Waals surface area contributed by atoms with Crippen molar-refractivity contribution in [3.05, 3.63) is 108 Å². The summed E-state index contributed by atoms with van der Waals surface area (Å²) in [6.07, 6.45) is -4.56. The molecule has 1 atom stereocenters. The summed E-state index contributed by atoms with van der Waals surface area (Å²) in [4.78, 5) is 38.9. The molecule has 0 fully saturated rings. The molecule has 0 aliphatic carbocycles. The Balaban J connectivity index is 1.51. The number of halogens is 3. The first kappa shape index (κ1) is 31.3. The van der Waals surface area contributed by atoms with Crippen LogP contribution in [0.5, 0.6) is 0 Å². The highest BCUT2D eigenvalue weighted by molar-refractivity contribution is 7.99. The standard InChI is InChI=1S/C32H27F3N6O3S/c1-18(2)24-14-13-23-28(39-24)36-17-37-29(23)40-25-16-20(30(42)41-27(32(33,34)35)19-6-4-3-5-7-19)8-15-26(25)45-22-11-9-21(10-12-22)38-31(43)44/h3-18,27,38H,1-2H3,(H,41,42)(H,43,44)(H,36,37,39,40). The monoisotopic (exact) mass is 632 g/mol. The number of carbonyl (C=O) groups excluding carboxylic acids is 1. The van der Waals surface area contributed by atoms with Gasteiger partial charge in [0.15, 0.2) is 11.7 Å². The predicted octanol–water partition coefficient (Wildman–Crippen LogP) is 8.17. The van der Waals surface area contributed by atoms with Gasteiger partial charge in [0.2, 0.25) is 0 Å². The average molecular weight is 633 g/mol. The van der Waals surface area contributed by atoms with Crippen LogP contribution in [0.25, 0.3) is 11.0 Å². The first-order valence-electron chi connectivity index (χ1n) is 13.7. The van der Waals surface area contributed by atoms with Crippen molar-refractivity contribution in [2.24, 2.45) is 0 Å². The van der Waals surface area contributed by atoms with E-state index in [2.05, 4.69) is 30.9 Å². The van der Waals surface area contributed by atoms with Crippen molar-refractivity contribution in [2.45, 2.75) is 41.8 Å². The van der Waals surface area contributed by atoms with Crippen molar-refractivity contribution < 1.29 is 27.9 Å². The van der Waals surface area contributed by atoms with Gasteiger partial charge in [-0.05, 0) is 66.1 Å². The van der Waals surface area contributed by atoms with E-state index in [1.54, 1.807) is 36.4 Å². The van der Waals surface area contributed by atoms with Gasteiger partial charge in [-0.1, -0.05) is 55.9 Å². The van der Waals surface area contributed by atoms with Crippen LogP contribution in [-0.2, 0) is 0 Å². The predicted molar refractivity (Wildman–Crippen MR) is 166 cm³/mol. The Morgan fingerprint density at radius 1 is 0.911 bits per heavy atom. The van der Waals surface area contributed by atoms with Gasteiger partial charge in [-0.15, -0.1) is 0 Å². The fourth-order valence-electron chi connectivity index (χ4n) is 4.43. The first-order valence-corrected chi connectivity index (χ1v) is 14.5. The summed E-state index contributed by atoms with van der Waals surface area (Å²) in [7, 11) is 0. The number of hydrogen-bond acceptors (Lipinski definition) is 7. The summed E-state index contributed by atoms with van der Waals surface area (Å²) >= 11 is 1.30. The van der Waals surface area contributed by atoms with Crippen LogP contribution in [0.15, 0.2) is 101 Å². The topological polar surface area (TPSA) is 129 Å². The highest BCUT2D eigenvalue weighted by atomic mass is 32.2. The molecule has 9 nitrogen and oxygen atoms in total. The summed E-state index contributed by atoms with van der Waals surface area (Å²) in [6.45, 7) is 4.03. The van der Waals surface area contributed by atoms with Gasteiger partial charge in [-0.3, -0.25) is 10.1 Å². The molecule has 0 saturated heterocycles. The molecule has 0 radical (unpaired) electrons. The van der Waals surface area contributed by atoms with E-state index in [0.717, 1.165) is 10.6 Å². The Kier molecular flexibility index (Phi) is 9.18. The van der Waals surface area contributed by atoms with E-state index in [9.17, 15) is 22.8 Å². The zero-order chi connectivity index (χ0) is 32.1. The van der Waals surface area contributed by atoms with Gasteiger partial charge >= 0.3 is 12.3 Å². The molecule has 13 heteroatoms. The zero-order valence-corrected chi connectivity index (χ0v) is 24.8. The Hall–Kier alpha value is -5.17. The van der Waals surface area contributed by atoms with Crippen molar-refractivity contribution in [3.63, 3.8) is 0 Å². The summed E-state index contributed by atoms with van der Waals surface area (Å²) < 4.78 is 42.0. The molecule has 45 heavy (non-hydrogen) atoms. The number of anilines is 3. The quantitative estimate of drug-likeness (QED) is 0.128. The third-order valence-electron chi connectivity index (χ3n) is 6.67. The number of pyridine rings is 1. The summed E-state index contributed by atoms with van der Waals surface area (Å²) in [5.41, 5.74) is 1.99. The molecular weight excluding hydrogens is 605 g/mol. The number of benzene rings is 3. The van der Waals surface area contributed by atoms with Gasteiger partial charge < -0.3 is 15.7 Å². The Morgan fingerprint density at radius 2 is 1.64 bits per heavy atom. The van der Waals surface area contributed by atoms with Crippen LogP contribution in [0.3, 0.4) is 0 Å². The number of hydrogen-bond donors (Lipinski definition) is 4. The van der Waals surface area contributed by atoms with E-state index in [1.807, 2.05) is 26.0 Å². The zero-order valence-electron chi connectivity index (χ0n) is 24.0. The maximum absolute atomic E-state index is 14.0. The molecule has 2 amide bonds. The molecule has 4 N–H and O–H groups in total. The molecule has 0 spiro atoms. The molecule has 3 aromatic carbocycles. The maximum atomic E-state index is 14.0. The average Bonchev–Trinajstić information content (AvgIpc) is 3.01. The SMILES string of the molecule is CC(C)c1ccc2c(Nc3cc(C(=O)NC(c4ccccc4)C(F)(F)F)ccc3Sc3ccc(NC(=O)O)cc3)ncnc2n1. The van der Waals surface area contributed by atoms with E-state index in [1.165, 1.54) is 54.5 Å². The highest BCUT2D eigenvalue weighted by Crippen LogP contribution is 2.38. The molecule has 5 aromatic rings. The summed E-state index contributed by atoms with van der Waals surface area (Å²) in [5, 5.41) is 17.2. The van der Waals surface area contributed by atoms with Crippen LogP contribution >= 0.6 is 11.8 Å². The molecule has 0 aliphatic rings. The number of amides is 2. The second kappa shape index (κ2) is 13.2. The number of fused-ring (bicyclic) bond motifs is 1. The Bertz CT molecular complexity index is 1840. The van der Waals surface area contributed by atoms with Crippen LogP contribution in [0, 0.1) is 0 Å². The number of alkyl halides is 3. The fourth-order valence-corrected chi connectivity index (χ4v) is 5.32. The minimum atomic E-state index is -4.72. The van der Waals surface area contributed by atoms with Crippen LogP contribution in [0.4, 0.5) is 35.2 Å². The van der Waals surface area contributed by atoms with Gasteiger partial charge in [0, 0.05) is 26.7 Å². The molecule has 0 bridgehead atoms. The van der Waals surface area contributed by atoms with Crippen molar-refractivity contribution in [2.75, 3.05) is 10.6 Å². The van der Waals surface area contributed by atoms with E-state index in [0.29, 0.717) is 33.1 Å². The maximum Gasteiger partial charge on any atom is 0.412 e. The van der Waals surface area contributed by atoms with Gasteiger partial charge in [-0.2, -0.15) is 13.2 Å². The number of rotatable bonds is 9. The number of aromatic nitrogens is 3. The molecule has 1 unspecified atom stereocenters. The number of carbonyl (C=O) groups is 2. The summed E-state index contributed by atoms with van der Waals surface area (Å²) in [5.74, 6) is -0.353. The van der Waals surface area contributed by atoms with E-state index >= 15 is 0 Å². The first-order chi connectivity index (χ1) is 21.5. The van der Waals surface area contributed by atoms with Gasteiger partial charge in [0.25, 0.3) is 5.91 Å². The number of carboxylic acid groups (broad SMARTS) is 1. The summed E-state index contributed by atoms with van der Waals surface area (Å²) in [6, 6.07) is 19.8. The van der Waals surface area contributed by atoms with Crippen LogP contribution < -0.4 is 16.0 Å². The van der Waals surface area contributed by atoms with E-state index < -0.39 is 24.2 Å². The highest BCUT2D eigenvalue weighted by Gasteiger charge is 2.42. The van der Waals surface area contributed by atoms with Gasteiger partial charge in [-0.25, -0.2) is 19.7 Å². The molecule has 0 saturated carbocycles. The van der Waals surface area contributed by atoms with Crippen LogP contribution in [0.1, 0.15) is 47.4 Å². The third-order valence-corrected chi connectivity index (χ3v) is 7.76. The largest absolute Gasteiger partial charge is 0.465 e. The molecule has 5 rings (SSSR count). The minimum Gasteiger partial charge on any atom is -0.465 e. The molecule has 0 aliphatic heterocycles. The molecule has 230 valence electrons.